The third-order valence-electron chi connectivity index (χ3n) is 5.48. The summed E-state index contributed by atoms with van der Waals surface area (Å²) in [6, 6.07) is 10.1. The van der Waals surface area contributed by atoms with Gasteiger partial charge in [0.05, 0.1) is 11.4 Å². The molecule has 0 aliphatic carbocycles. The largest absolute Gasteiger partial charge is 0.573 e. The zero-order valence-electron chi connectivity index (χ0n) is 18.7. The fourth-order valence-electron chi connectivity index (χ4n) is 3.63. The summed E-state index contributed by atoms with van der Waals surface area (Å²) in [6.07, 6.45) is -6.01. The highest BCUT2D eigenvalue weighted by atomic mass is 32.2. The highest BCUT2D eigenvalue weighted by molar-refractivity contribution is 7.93. The van der Waals surface area contributed by atoms with Crippen LogP contribution in [0.5, 0.6) is 17.2 Å². The smallest absolute Gasteiger partial charge is 0.457 e. The van der Waals surface area contributed by atoms with Crippen LogP contribution >= 0.6 is 0 Å². The normalized spacial score (nSPS) is 16.8. The lowest BCUT2D eigenvalue weighted by molar-refractivity contribution is -0.274. The van der Waals surface area contributed by atoms with Crippen molar-refractivity contribution in [1.29, 1.82) is 0 Å². The molecule has 2 aromatic carbocycles. The minimum atomic E-state index is -4.81. The van der Waals surface area contributed by atoms with Crippen LogP contribution in [0.1, 0.15) is 12.8 Å². The number of benzene rings is 2. The minimum absolute atomic E-state index is 0.0365. The van der Waals surface area contributed by atoms with Gasteiger partial charge in [-0.15, -0.1) is 13.2 Å². The maximum atomic E-state index is 13.6. The molecule has 1 aliphatic rings. The summed E-state index contributed by atoms with van der Waals surface area (Å²) in [6.45, 7) is 0.364. The summed E-state index contributed by atoms with van der Waals surface area (Å²) in [5, 5.41) is 15.0. The molecule has 3 N–H and O–H groups in total. The topological polar surface area (TPSA) is 123 Å². The summed E-state index contributed by atoms with van der Waals surface area (Å²) >= 11 is 0. The SMILES string of the molecule is COC(O)CNC(=O)C1(S(=O)(=O)c2ccc(Oc3ccc(OC(F)(F)F)cc3)cc2)CCNCC1. The van der Waals surface area contributed by atoms with Crippen LogP contribution < -0.4 is 20.1 Å². The van der Waals surface area contributed by atoms with E-state index in [0.717, 1.165) is 12.1 Å². The van der Waals surface area contributed by atoms with Crippen molar-refractivity contribution < 1.29 is 45.7 Å². The molecule has 0 radical (unpaired) electrons. The van der Waals surface area contributed by atoms with Crippen LogP contribution in [0.2, 0.25) is 0 Å². The van der Waals surface area contributed by atoms with Crippen molar-refractivity contribution in [3.63, 3.8) is 0 Å². The number of hydrogen-bond donors (Lipinski definition) is 3. The first kappa shape index (κ1) is 26.7. The fraction of sp³-hybridized carbons (Fsp3) is 0.409. The van der Waals surface area contributed by atoms with Crippen LogP contribution in [0.15, 0.2) is 53.4 Å². The van der Waals surface area contributed by atoms with E-state index in [1.165, 1.54) is 43.5 Å². The number of nitrogens with one attached hydrogen (secondary N) is 2. The number of ether oxygens (including phenoxy) is 3. The first-order valence-electron chi connectivity index (χ1n) is 10.6. The number of carbonyl (C=O) groups is 1. The summed E-state index contributed by atoms with van der Waals surface area (Å²) in [7, 11) is -2.89. The summed E-state index contributed by atoms with van der Waals surface area (Å²) < 4.78 is 76.3. The van der Waals surface area contributed by atoms with Crippen molar-refractivity contribution >= 4 is 15.7 Å². The number of methoxy groups -OCH3 is 1. The molecule has 1 aliphatic heterocycles. The molecule has 9 nitrogen and oxygen atoms in total. The lowest BCUT2D eigenvalue weighted by Gasteiger charge is -2.35. The van der Waals surface area contributed by atoms with E-state index in [9.17, 15) is 31.5 Å². The number of amides is 1. The van der Waals surface area contributed by atoms with Gasteiger partial charge >= 0.3 is 6.36 Å². The number of rotatable bonds is 9. The Morgan fingerprint density at radius 3 is 2.09 bits per heavy atom. The Balaban J connectivity index is 1.77. The van der Waals surface area contributed by atoms with Gasteiger partial charge in [0.2, 0.25) is 5.91 Å². The fourth-order valence-corrected chi connectivity index (χ4v) is 5.63. The van der Waals surface area contributed by atoms with Gasteiger partial charge in [0.15, 0.2) is 20.9 Å². The van der Waals surface area contributed by atoms with Gasteiger partial charge in [-0.2, -0.15) is 0 Å². The molecule has 1 fully saturated rings. The molecular formula is C22H25F3N2O7S. The third kappa shape index (κ3) is 6.42. The lowest BCUT2D eigenvalue weighted by Crippen LogP contribution is -2.58. The zero-order valence-corrected chi connectivity index (χ0v) is 19.5. The van der Waals surface area contributed by atoms with E-state index in [1.807, 2.05) is 0 Å². The second kappa shape index (κ2) is 10.8. The molecule has 0 aromatic heterocycles. The van der Waals surface area contributed by atoms with E-state index in [-0.39, 0.29) is 35.8 Å². The number of alkyl halides is 3. The summed E-state index contributed by atoms with van der Waals surface area (Å²) in [4.78, 5) is 12.9. The van der Waals surface area contributed by atoms with E-state index < -0.39 is 38.9 Å². The number of aliphatic hydroxyl groups is 1. The van der Waals surface area contributed by atoms with E-state index in [4.69, 9.17) is 4.74 Å². The quantitative estimate of drug-likeness (QED) is 0.433. The molecule has 0 spiro atoms. The first-order valence-corrected chi connectivity index (χ1v) is 12.0. The van der Waals surface area contributed by atoms with Crippen molar-refractivity contribution in [2.45, 2.75) is 35.1 Å². The number of halogens is 3. The Kier molecular flexibility index (Phi) is 8.26. The van der Waals surface area contributed by atoms with E-state index in [0.29, 0.717) is 13.1 Å². The number of carbonyl (C=O) groups excluding carboxylic acids is 1. The average molecular weight is 519 g/mol. The average Bonchev–Trinajstić information content (AvgIpc) is 2.83. The first-order chi connectivity index (χ1) is 16.5. The number of sulfone groups is 1. The van der Waals surface area contributed by atoms with Crippen molar-refractivity contribution in [1.82, 2.24) is 10.6 Å². The van der Waals surface area contributed by atoms with Crippen LogP contribution in [0.3, 0.4) is 0 Å². The monoisotopic (exact) mass is 518 g/mol. The zero-order chi connectivity index (χ0) is 25.7. The molecule has 1 atom stereocenters. The molecule has 0 bridgehead atoms. The molecule has 1 heterocycles. The van der Waals surface area contributed by atoms with Crippen LogP contribution in [0.4, 0.5) is 13.2 Å². The molecule has 1 saturated heterocycles. The second-order valence-electron chi connectivity index (χ2n) is 7.74. The van der Waals surface area contributed by atoms with Gasteiger partial charge in [-0.25, -0.2) is 8.42 Å². The molecular weight excluding hydrogens is 493 g/mol. The molecule has 192 valence electrons. The van der Waals surface area contributed by atoms with Crippen LogP contribution in [0, 0.1) is 0 Å². The number of piperidine rings is 1. The van der Waals surface area contributed by atoms with Gasteiger partial charge in [-0.1, -0.05) is 0 Å². The predicted octanol–water partition coefficient (Wildman–Crippen LogP) is 2.35. The standard InChI is InChI=1S/C22H25F3N2O7S/c1-32-19(28)14-27-20(29)21(10-12-26-13-11-21)35(30,31)18-8-6-16(7-9-18)33-15-2-4-17(5-3-15)34-22(23,24)25/h2-9,19,26,28H,10-14H2,1H3,(H,27,29). The number of aliphatic hydroxyl groups excluding tert-OH is 1. The van der Waals surface area contributed by atoms with Crippen molar-refractivity contribution in [3.05, 3.63) is 48.5 Å². The van der Waals surface area contributed by atoms with Gasteiger partial charge in [0, 0.05) is 7.11 Å². The Morgan fingerprint density at radius 2 is 1.57 bits per heavy atom. The molecule has 35 heavy (non-hydrogen) atoms. The molecule has 1 unspecified atom stereocenters. The van der Waals surface area contributed by atoms with Crippen LogP contribution in [-0.2, 0) is 19.4 Å². The van der Waals surface area contributed by atoms with Gasteiger partial charge < -0.3 is 30.0 Å². The molecule has 2 aromatic rings. The van der Waals surface area contributed by atoms with Crippen molar-refractivity contribution in [2.75, 3.05) is 26.7 Å². The predicted molar refractivity (Wildman–Crippen MR) is 118 cm³/mol. The van der Waals surface area contributed by atoms with Gasteiger partial charge in [0.1, 0.15) is 17.2 Å². The van der Waals surface area contributed by atoms with Crippen molar-refractivity contribution in [2.24, 2.45) is 0 Å². The van der Waals surface area contributed by atoms with E-state index in [1.54, 1.807) is 0 Å². The Labute approximate surface area is 200 Å². The van der Waals surface area contributed by atoms with Crippen molar-refractivity contribution in [3.8, 4) is 17.2 Å². The van der Waals surface area contributed by atoms with Crippen LogP contribution in [-0.4, -0.2) is 63.6 Å². The van der Waals surface area contributed by atoms with E-state index >= 15 is 0 Å². The maximum Gasteiger partial charge on any atom is 0.573 e. The molecule has 0 saturated carbocycles. The maximum absolute atomic E-state index is 13.6. The Hall–Kier alpha value is -2.87. The molecule has 13 heteroatoms. The summed E-state index contributed by atoms with van der Waals surface area (Å²) in [5.41, 5.74) is 0. The second-order valence-corrected chi connectivity index (χ2v) is 10.0. The highest BCUT2D eigenvalue weighted by Gasteiger charge is 2.51. The van der Waals surface area contributed by atoms with E-state index in [2.05, 4.69) is 20.1 Å². The third-order valence-corrected chi connectivity index (χ3v) is 7.99. The Morgan fingerprint density at radius 1 is 1.06 bits per heavy atom. The highest BCUT2D eigenvalue weighted by Crippen LogP contribution is 2.35. The minimum Gasteiger partial charge on any atom is -0.457 e. The van der Waals surface area contributed by atoms with Gasteiger partial charge in [0.25, 0.3) is 0 Å². The Bertz CT molecular complexity index is 1100. The lowest BCUT2D eigenvalue weighted by atomic mass is 9.96. The van der Waals surface area contributed by atoms with Gasteiger partial charge in [-0.05, 0) is 74.5 Å². The molecule has 1 amide bonds. The van der Waals surface area contributed by atoms with Crippen LogP contribution in [0.25, 0.3) is 0 Å². The number of hydrogen-bond acceptors (Lipinski definition) is 8. The summed E-state index contributed by atoms with van der Waals surface area (Å²) in [5.74, 6) is -0.687. The molecule has 3 rings (SSSR count). The van der Waals surface area contributed by atoms with Gasteiger partial charge in [-0.3, -0.25) is 4.79 Å².